The Bertz CT molecular complexity index is 1480. The molecule has 6 rings (SSSR count). The summed E-state index contributed by atoms with van der Waals surface area (Å²) in [6.45, 7) is 6.10. The molecule has 9 nitrogen and oxygen atoms in total. The summed E-state index contributed by atoms with van der Waals surface area (Å²) in [4.78, 5) is 11.4. The topological polar surface area (TPSA) is 109 Å². The number of fused-ring (bicyclic) bond motifs is 2. The number of hydrogen-bond acceptors (Lipinski definition) is 8. The van der Waals surface area contributed by atoms with E-state index in [9.17, 15) is 10.4 Å². The molecule has 2 aliphatic rings. The van der Waals surface area contributed by atoms with Gasteiger partial charge in [-0.3, -0.25) is 4.98 Å². The third kappa shape index (κ3) is 5.44. The van der Waals surface area contributed by atoms with Gasteiger partial charge in [0.25, 0.3) is 0 Å². The summed E-state index contributed by atoms with van der Waals surface area (Å²) in [5.41, 5.74) is 3.01. The molecular weight excluding hydrogens is 492 g/mol. The van der Waals surface area contributed by atoms with Crippen LogP contribution in [0.1, 0.15) is 37.8 Å². The number of anilines is 1. The predicted octanol–water partition coefficient (Wildman–Crippen LogP) is 4.24. The molecule has 5 heterocycles. The Kier molecular flexibility index (Phi) is 6.67. The van der Waals surface area contributed by atoms with Gasteiger partial charge >= 0.3 is 0 Å². The van der Waals surface area contributed by atoms with E-state index in [-0.39, 0.29) is 6.61 Å². The summed E-state index contributed by atoms with van der Waals surface area (Å²) in [7, 11) is 0. The highest BCUT2D eigenvalue weighted by Crippen LogP contribution is 2.41. The fraction of sp³-hybridized carbons (Fsp3) is 0.400. The third-order valence-corrected chi connectivity index (χ3v) is 7.60. The molecule has 4 aromatic heterocycles. The second-order valence-corrected chi connectivity index (χ2v) is 11.2. The second kappa shape index (κ2) is 10.3. The van der Waals surface area contributed by atoms with Crippen molar-refractivity contribution in [1.29, 1.82) is 5.26 Å². The second-order valence-electron chi connectivity index (χ2n) is 11.2. The fourth-order valence-corrected chi connectivity index (χ4v) is 5.74. The van der Waals surface area contributed by atoms with E-state index in [0.717, 1.165) is 48.4 Å². The third-order valence-electron chi connectivity index (χ3n) is 7.60. The van der Waals surface area contributed by atoms with Crippen LogP contribution in [0.15, 0.2) is 61.3 Å². The van der Waals surface area contributed by atoms with Gasteiger partial charge in [0.1, 0.15) is 24.2 Å². The minimum absolute atomic E-state index is 0.133. The number of nitriles is 1. The van der Waals surface area contributed by atoms with E-state index in [2.05, 4.69) is 33.2 Å². The molecule has 1 aliphatic heterocycles. The van der Waals surface area contributed by atoms with E-state index < -0.39 is 5.60 Å². The first-order valence-electron chi connectivity index (χ1n) is 13.3. The van der Waals surface area contributed by atoms with Crippen LogP contribution in [0.4, 0.5) is 5.82 Å². The SMILES string of the molecule is CC(C)(O)COc1cc(-c2ccc(N3CC4CC(OCc5cccnc5)CC4C3)nc2)c2c(C#N)cnn2c1. The lowest BCUT2D eigenvalue weighted by Gasteiger charge is -2.21. The number of aliphatic hydroxyl groups is 1. The largest absolute Gasteiger partial charge is 0.489 e. The van der Waals surface area contributed by atoms with E-state index in [4.69, 9.17) is 14.5 Å². The standard InChI is InChI=1S/C30H32N6O3/c1-30(2,37)19-39-26-10-27(29-24(11-31)14-34-36(29)17-26)21-5-6-28(33-13-21)35-15-22-8-25(9-23(22)16-35)38-18-20-4-3-7-32-12-20/h3-7,10,12-14,17,22-23,25,37H,8-9,15-16,18-19H2,1-2H3. The van der Waals surface area contributed by atoms with E-state index in [1.807, 2.05) is 30.6 Å². The van der Waals surface area contributed by atoms with Crippen LogP contribution >= 0.6 is 0 Å². The Morgan fingerprint density at radius 1 is 1.13 bits per heavy atom. The van der Waals surface area contributed by atoms with Crippen molar-refractivity contribution in [2.45, 2.75) is 45.0 Å². The molecule has 4 aromatic rings. The first kappa shape index (κ1) is 25.3. The molecule has 0 amide bonds. The van der Waals surface area contributed by atoms with E-state index in [1.54, 1.807) is 37.0 Å². The van der Waals surface area contributed by atoms with Crippen LogP contribution in [-0.2, 0) is 11.3 Å². The minimum Gasteiger partial charge on any atom is -0.489 e. The quantitative estimate of drug-likeness (QED) is 0.365. The van der Waals surface area contributed by atoms with Crippen molar-refractivity contribution < 1.29 is 14.6 Å². The lowest BCUT2D eigenvalue weighted by atomic mass is 10.0. The smallest absolute Gasteiger partial charge is 0.138 e. The van der Waals surface area contributed by atoms with Crippen LogP contribution < -0.4 is 9.64 Å². The summed E-state index contributed by atoms with van der Waals surface area (Å²) >= 11 is 0. The van der Waals surface area contributed by atoms with Crippen LogP contribution in [0.5, 0.6) is 5.75 Å². The van der Waals surface area contributed by atoms with Gasteiger partial charge in [0.15, 0.2) is 0 Å². The molecule has 39 heavy (non-hydrogen) atoms. The van der Waals surface area contributed by atoms with Crippen molar-refractivity contribution >= 4 is 11.3 Å². The molecule has 1 N–H and O–H groups in total. The van der Waals surface area contributed by atoms with Gasteiger partial charge in [-0.1, -0.05) is 6.07 Å². The van der Waals surface area contributed by atoms with Crippen LogP contribution in [0.2, 0.25) is 0 Å². The molecule has 0 bridgehead atoms. The Hall–Kier alpha value is -4.00. The maximum absolute atomic E-state index is 10.1. The summed E-state index contributed by atoms with van der Waals surface area (Å²) < 4.78 is 13.7. The average molecular weight is 525 g/mol. The summed E-state index contributed by atoms with van der Waals surface area (Å²) in [5, 5.41) is 24.1. The van der Waals surface area contributed by atoms with Crippen LogP contribution in [0.3, 0.4) is 0 Å². The molecule has 1 aliphatic carbocycles. The number of aromatic nitrogens is 4. The van der Waals surface area contributed by atoms with Gasteiger partial charge in [-0.25, -0.2) is 9.50 Å². The van der Waals surface area contributed by atoms with Crippen LogP contribution in [0, 0.1) is 23.2 Å². The first-order valence-corrected chi connectivity index (χ1v) is 13.3. The van der Waals surface area contributed by atoms with Crippen molar-refractivity contribution in [3.63, 3.8) is 0 Å². The van der Waals surface area contributed by atoms with Crippen LogP contribution in [-0.4, -0.2) is 56.1 Å². The predicted molar refractivity (Wildman–Crippen MR) is 146 cm³/mol. The Morgan fingerprint density at radius 2 is 1.95 bits per heavy atom. The zero-order chi connectivity index (χ0) is 27.0. The number of nitrogens with zero attached hydrogens (tertiary/aromatic N) is 6. The molecule has 0 aromatic carbocycles. The number of ether oxygens (including phenoxy) is 2. The molecule has 2 fully saturated rings. The van der Waals surface area contributed by atoms with Gasteiger partial charge < -0.3 is 19.5 Å². The number of rotatable bonds is 8. The van der Waals surface area contributed by atoms with Crippen molar-refractivity contribution in [3.05, 3.63) is 72.4 Å². The van der Waals surface area contributed by atoms with Crippen molar-refractivity contribution in [3.8, 4) is 22.9 Å². The van der Waals surface area contributed by atoms with Gasteiger partial charge in [-0.2, -0.15) is 10.4 Å². The highest BCUT2D eigenvalue weighted by molar-refractivity contribution is 5.85. The maximum atomic E-state index is 10.1. The van der Waals surface area contributed by atoms with Gasteiger partial charge in [0, 0.05) is 42.8 Å². The summed E-state index contributed by atoms with van der Waals surface area (Å²) in [5.74, 6) is 2.74. The Labute approximate surface area is 227 Å². The summed E-state index contributed by atoms with van der Waals surface area (Å²) in [6, 6.07) is 12.2. The highest BCUT2D eigenvalue weighted by atomic mass is 16.5. The molecule has 0 spiro atoms. The highest BCUT2D eigenvalue weighted by Gasteiger charge is 2.41. The van der Waals surface area contributed by atoms with Crippen molar-refractivity contribution in [1.82, 2.24) is 19.6 Å². The lowest BCUT2D eigenvalue weighted by Crippen LogP contribution is -2.27. The van der Waals surface area contributed by atoms with Gasteiger partial charge in [0.05, 0.1) is 41.8 Å². The maximum Gasteiger partial charge on any atom is 0.138 e. The molecule has 1 saturated heterocycles. The van der Waals surface area contributed by atoms with Gasteiger partial charge in [-0.15, -0.1) is 0 Å². The van der Waals surface area contributed by atoms with Gasteiger partial charge in [0.2, 0.25) is 0 Å². The number of hydrogen-bond donors (Lipinski definition) is 1. The minimum atomic E-state index is -0.972. The normalized spacial score (nSPS) is 20.8. The Morgan fingerprint density at radius 3 is 2.62 bits per heavy atom. The summed E-state index contributed by atoms with van der Waals surface area (Å²) in [6.07, 6.45) is 11.2. The molecular formula is C30H32N6O3. The van der Waals surface area contributed by atoms with Gasteiger partial charge in [-0.05, 0) is 68.4 Å². The first-order chi connectivity index (χ1) is 18.9. The monoisotopic (exact) mass is 524 g/mol. The molecule has 2 atom stereocenters. The molecule has 1 saturated carbocycles. The Balaban J connectivity index is 1.15. The number of pyridine rings is 3. The molecule has 9 heteroatoms. The van der Waals surface area contributed by atoms with E-state index in [1.165, 1.54) is 0 Å². The average Bonchev–Trinajstić information content (AvgIpc) is 3.64. The molecule has 200 valence electrons. The van der Waals surface area contributed by atoms with E-state index >= 15 is 0 Å². The zero-order valence-electron chi connectivity index (χ0n) is 22.2. The van der Waals surface area contributed by atoms with Crippen molar-refractivity contribution in [2.24, 2.45) is 11.8 Å². The van der Waals surface area contributed by atoms with Crippen molar-refractivity contribution in [2.75, 3.05) is 24.6 Å². The van der Waals surface area contributed by atoms with E-state index in [0.29, 0.717) is 41.4 Å². The molecule has 2 unspecified atom stereocenters. The lowest BCUT2D eigenvalue weighted by molar-refractivity contribution is 0.0283. The van der Waals surface area contributed by atoms with Crippen LogP contribution in [0.25, 0.3) is 16.6 Å². The zero-order valence-corrected chi connectivity index (χ0v) is 22.2. The molecule has 0 radical (unpaired) electrons. The fourth-order valence-electron chi connectivity index (χ4n) is 5.74.